The predicted octanol–water partition coefficient (Wildman–Crippen LogP) is 1.93. The number of rotatable bonds is 5. The van der Waals surface area contributed by atoms with Gasteiger partial charge >= 0.3 is 0 Å². The number of halogens is 2. The second-order valence-electron chi connectivity index (χ2n) is 6.83. The number of benzene rings is 1. The van der Waals surface area contributed by atoms with Crippen LogP contribution in [0.4, 0.5) is 5.69 Å². The highest BCUT2D eigenvalue weighted by Crippen LogP contribution is 2.14. The van der Waals surface area contributed by atoms with E-state index in [2.05, 4.69) is 22.5 Å². The molecule has 0 bridgehead atoms. The molecule has 2 heterocycles. The molecule has 0 saturated carbocycles. The standard InChI is InChI=1S/C19H28N4O2.2ClH/c1-2-22-10-12-23(13-11-22)18(24)14-15-5-7-16(8-6-15)21-19(25)17-4-3-9-20-17;;/h5-8,17,20H,2-4,9-14H2,1H3,(H,21,25);2*1H. The number of carbonyl (C=O) groups is 2. The summed E-state index contributed by atoms with van der Waals surface area (Å²) in [5, 5.41) is 6.13. The molecule has 2 fully saturated rings. The van der Waals surface area contributed by atoms with Crippen molar-refractivity contribution < 1.29 is 9.59 Å². The molecule has 152 valence electrons. The van der Waals surface area contributed by atoms with Gasteiger partial charge in [0, 0.05) is 31.9 Å². The maximum atomic E-state index is 12.4. The summed E-state index contributed by atoms with van der Waals surface area (Å²) in [6.45, 7) is 7.66. The molecule has 0 radical (unpaired) electrons. The van der Waals surface area contributed by atoms with Crippen molar-refractivity contribution in [2.45, 2.75) is 32.2 Å². The number of carbonyl (C=O) groups excluding carboxylic acids is 2. The SMILES string of the molecule is CCN1CCN(C(=O)Cc2ccc(NC(=O)C3CCCN3)cc2)CC1.Cl.Cl. The van der Waals surface area contributed by atoms with E-state index in [1.165, 1.54) is 0 Å². The molecule has 2 N–H and O–H groups in total. The number of hydrogen-bond acceptors (Lipinski definition) is 4. The predicted molar refractivity (Wildman–Crippen MR) is 113 cm³/mol. The molecule has 0 spiro atoms. The summed E-state index contributed by atoms with van der Waals surface area (Å²) in [5.41, 5.74) is 1.77. The molecule has 1 atom stereocenters. The fourth-order valence-corrected chi connectivity index (χ4v) is 3.44. The Balaban J connectivity index is 0.00000182. The van der Waals surface area contributed by atoms with Crippen molar-refractivity contribution >= 4 is 42.3 Å². The summed E-state index contributed by atoms with van der Waals surface area (Å²) in [4.78, 5) is 28.8. The molecule has 2 aliphatic heterocycles. The highest BCUT2D eigenvalue weighted by atomic mass is 35.5. The number of piperazine rings is 1. The topological polar surface area (TPSA) is 64.7 Å². The van der Waals surface area contributed by atoms with Crippen molar-refractivity contribution in [3.63, 3.8) is 0 Å². The van der Waals surface area contributed by atoms with Gasteiger partial charge in [-0.15, -0.1) is 24.8 Å². The number of nitrogens with one attached hydrogen (secondary N) is 2. The average molecular weight is 417 g/mol. The summed E-state index contributed by atoms with van der Waals surface area (Å²) in [6.07, 6.45) is 2.36. The zero-order chi connectivity index (χ0) is 17.6. The molecule has 8 heteroatoms. The molecule has 1 aromatic carbocycles. The number of likely N-dealkylation sites (N-methyl/N-ethyl adjacent to an activating group) is 1. The Morgan fingerprint density at radius 2 is 1.78 bits per heavy atom. The van der Waals surface area contributed by atoms with Crippen molar-refractivity contribution in [2.75, 3.05) is 44.6 Å². The maximum absolute atomic E-state index is 12.4. The Morgan fingerprint density at radius 1 is 1.11 bits per heavy atom. The van der Waals surface area contributed by atoms with Crippen molar-refractivity contribution in [3.05, 3.63) is 29.8 Å². The molecule has 1 unspecified atom stereocenters. The maximum Gasteiger partial charge on any atom is 0.241 e. The van der Waals surface area contributed by atoms with Gasteiger partial charge in [0.25, 0.3) is 0 Å². The largest absolute Gasteiger partial charge is 0.340 e. The Labute approximate surface area is 173 Å². The van der Waals surface area contributed by atoms with Gasteiger partial charge in [-0.2, -0.15) is 0 Å². The first-order valence-corrected chi connectivity index (χ1v) is 9.29. The van der Waals surface area contributed by atoms with Crippen LogP contribution in [0.5, 0.6) is 0 Å². The van der Waals surface area contributed by atoms with Gasteiger partial charge in [-0.3, -0.25) is 9.59 Å². The molecule has 0 aliphatic carbocycles. The van der Waals surface area contributed by atoms with Crippen molar-refractivity contribution in [1.29, 1.82) is 0 Å². The van der Waals surface area contributed by atoms with Crippen LogP contribution in [0.15, 0.2) is 24.3 Å². The molecular weight excluding hydrogens is 387 g/mol. The van der Waals surface area contributed by atoms with Crippen LogP contribution in [-0.2, 0) is 16.0 Å². The Bertz CT molecular complexity index is 598. The fourth-order valence-electron chi connectivity index (χ4n) is 3.44. The van der Waals surface area contributed by atoms with Crippen LogP contribution in [0, 0.1) is 0 Å². The van der Waals surface area contributed by atoms with E-state index in [9.17, 15) is 9.59 Å². The number of amides is 2. The monoisotopic (exact) mass is 416 g/mol. The molecule has 0 aromatic heterocycles. The van der Waals surface area contributed by atoms with Crippen LogP contribution in [-0.4, -0.2) is 66.9 Å². The van der Waals surface area contributed by atoms with E-state index < -0.39 is 0 Å². The second kappa shape index (κ2) is 11.5. The zero-order valence-corrected chi connectivity index (χ0v) is 17.4. The number of anilines is 1. The van der Waals surface area contributed by atoms with E-state index >= 15 is 0 Å². The highest BCUT2D eigenvalue weighted by Gasteiger charge is 2.22. The smallest absolute Gasteiger partial charge is 0.241 e. The van der Waals surface area contributed by atoms with Crippen LogP contribution in [0.3, 0.4) is 0 Å². The third kappa shape index (κ3) is 6.64. The summed E-state index contributed by atoms with van der Waals surface area (Å²) >= 11 is 0. The van der Waals surface area contributed by atoms with Crippen molar-refractivity contribution in [2.24, 2.45) is 0 Å². The van der Waals surface area contributed by atoms with Crippen LogP contribution < -0.4 is 10.6 Å². The second-order valence-corrected chi connectivity index (χ2v) is 6.83. The van der Waals surface area contributed by atoms with E-state index in [1.807, 2.05) is 29.2 Å². The summed E-state index contributed by atoms with van der Waals surface area (Å²) < 4.78 is 0. The van der Waals surface area contributed by atoms with E-state index in [0.29, 0.717) is 6.42 Å². The molecule has 1 aromatic rings. The normalized spacial score (nSPS) is 19.7. The van der Waals surface area contributed by atoms with Gasteiger partial charge in [-0.1, -0.05) is 19.1 Å². The third-order valence-electron chi connectivity index (χ3n) is 5.13. The Morgan fingerprint density at radius 3 is 2.33 bits per heavy atom. The van der Waals surface area contributed by atoms with Gasteiger partial charge in [0.05, 0.1) is 12.5 Å². The van der Waals surface area contributed by atoms with Gasteiger partial charge in [0.2, 0.25) is 11.8 Å². The third-order valence-corrected chi connectivity index (χ3v) is 5.13. The summed E-state index contributed by atoms with van der Waals surface area (Å²) in [5.74, 6) is 0.206. The Hall–Kier alpha value is -1.34. The molecule has 2 amide bonds. The average Bonchev–Trinajstić information content (AvgIpc) is 3.18. The first-order chi connectivity index (χ1) is 12.2. The van der Waals surface area contributed by atoms with Gasteiger partial charge in [-0.05, 0) is 43.6 Å². The number of hydrogen-bond donors (Lipinski definition) is 2. The van der Waals surface area contributed by atoms with Crippen LogP contribution in [0.25, 0.3) is 0 Å². The summed E-state index contributed by atoms with van der Waals surface area (Å²) in [7, 11) is 0. The minimum absolute atomic E-state index is 0. The Kier molecular flexibility index (Phi) is 10.1. The van der Waals surface area contributed by atoms with Gasteiger partial charge in [0.1, 0.15) is 0 Å². The lowest BCUT2D eigenvalue weighted by atomic mass is 10.1. The van der Waals surface area contributed by atoms with E-state index in [0.717, 1.165) is 63.4 Å². The van der Waals surface area contributed by atoms with Crippen LogP contribution in [0.1, 0.15) is 25.3 Å². The quantitative estimate of drug-likeness (QED) is 0.769. The zero-order valence-electron chi connectivity index (χ0n) is 15.8. The molecule has 2 saturated heterocycles. The van der Waals surface area contributed by atoms with Gasteiger partial charge < -0.3 is 20.4 Å². The molecule has 2 aliphatic rings. The lowest BCUT2D eigenvalue weighted by molar-refractivity contribution is -0.132. The highest BCUT2D eigenvalue weighted by molar-refractivity contribution is 5.95. The first kappa shape index (κ1) is 23.7. The number of nitrogens with zero attached hydrogens (tertiary/aromatic N) is 2. The lowest BCUT2D eigenvalue weighted by Gasteiger charge is -2.34. The van der Waals surface area contributed by atoms with E-state index in [1.54, 1.807) is 0 Å². The minimum Gasteiger partial charge on any atom is -0.340 e. The first-order valence-electron chi connectivity index (χ1n) is 9.29. The fraction of sp³-hybridized carbons (Fsp3) is 0.579. The molecular formula is C19H30Cl2N4O2. The van der Waals surface area contributed by atoms with Crippen LogP contribution in [0.2, 0.25) is 0 Å². The van der Waals surface area contributed by atoms with Crippen molar-refractivity contribution in [1.82, 2.24) is 15.1 Å². The molecule has 27 heavy (non-hydrogen) atoms. The lowest BCUT2D eigenvalue weighted by Crippen LogP contribution is -2.48. The van der Waals surface area contributed by atoms with E-state index in [-0.39, 0.29) is 42.7 Å². The van der Waals surface area contributed by atoms with Gasteiger partial charge in [-0.25, -0.2) is 0 Å². The van der Waals surface area contributed by atoms with Gasteiger partial charge in [0.15, 0.2) is 0 Å². The van der Waals surface area contributed by atoms with Crippen LogP contribution >= 0.6 is 24.8 Å². The van der Waals surface area contributed by atoms with Crippen molar-refractivity contribution in [3.8, 4) is 0 Å². The molecule has 3 rings (SSSR count). The minimum atomic E-state index is -0.0805. The molecule has 6 nitrogen and oxygen atoms in total. The van der Waals surface area contributed by atoms with E-state index in [4.69, 9.17) is 0 Å². The summed E-state index contributed by atoms with van der Waals surface area (Å²) in [6, 6.07) is 7.54.